The fourth-order valence-electron chi connectivity index (χ4n) is 2.38. The molecule has 0 aliphatic rings. The number of carbonyl (C=O) groups is 1. The molecule has 0 aliphatic carbocycles. The highest BCUT2D eigenvalue weighted by Crippen LogP contribution is 2.13. The molecule has 1 heterocycles. The number of nitrogens with two attached hydrogens (primary N) is 1. The van der Waals surface area contributed by atoms with Gasteiger partial charge >= 0.3 is 0 Å². The third-order valence-electron chi connectivity index (χ3n) is 3.67. The average molecular weight is 300 g/mol. The van der Waals surface area contributed by atoms with Crippen molar-refractivity contribution >= 4 is 5.91 Å². The minimum atomic E-state index is -0.0569. The van der Waals surface area contributed by atoms with E-state index < -0.39 is 0 Å². The van der Waals surface area contributed by atoms with Crippen LogP contribution in [0.25, 0.3) is 5.69 Å². The van der Waals surface area contributed by atoms with Crippen molar-refractivity contribution in [2.24, 2.45) is 5.73 Å². The Bertz CT molecular complexity index is 592. The molecule has 2 rings (SSSR count). The van der Waals surface area contributed by atoms with Crippen LogP contribution in [0.1, 0.15) is 41.7 Å². The summed E-state index contributed by atoms with van der Waals surface area (Å²) in [5, 5.41) is 7.28. The first-order chi connectivity index (χ1) is 10.7. The van der Waals surface area contributed by atoms with Crippen molar-refractivity contribution in [3.05, 3.63) is 47.8 Å². The van der Waals surface area contributed by atoms with Gasteiger partial charge in [0.2, 0.25) is 0 Å². The molecule has 3 N–H and O–H groups in total. The molecule has 1 aromatic carbocycles. The van der Waals surface area contributed by atoms with Crippen molar-refractivity contribution in [3.8, 4) is 5.69 Å². The normalized spacial score (nSPS) is 10.6. The Labute approximate surface area is 131 Å². The molecule has 5 heteroatoms. The Kier molecular flexibility index (Phi) is 6.15. The highest BCUT2D eigenvalue weighted by Gasteiger charge is 2.14. The third-order valence-corrected chi connectivity index (χ3v) is 3.67. The number of benzene rings is 1. The van der Waals surface area contributed by atoms with Crippen LogP contribution in [0.4, 0.5) is 0 Å². The number of para-hydroxylation sites is 1. The van der Waals surface area contributed by atoms with Gasteiger partial charge in [0.25, 0.3) is 5.91 Å². The number of aromatic nitrogens is 2. The van der Waals surface area contributed by atoms with E-state index in [0.717, 1.165) is 43.6 Å². The molecule has 0 unspecified atom stereocenters. The first-order valence-electron chi connectivity index (χ1n) is 7.82. The number of carbonyl (C=O) groups excluding carboxylic acids is 1. The molecule has 0 saturated carbocycles. The Hall–Kier alpha value is -2.14. The lowest BCUT2D eigenvalue weighted by Gasteiger charge is -2.06. The standard InChI is InChI=1S/C17H24N4O/c1-14-16(17(22)19-12-8-3-2-7-11-18)13-20-21(14)15-9-5-4-6-10-15/h4-6,9-10,13H,2-3,7-8,11-12,18H2,1H3,(H,19,22). The molecule has 22 heavy (non-hydrogen) atoms. The van der Waals surface area contributed by atoms with E-state index in [1.165, 1.54) is 0 Å². The predicted octanol–water partition coefficient (Wildman–Crippen LogP) is 2.43. The van der Waals surface area contributed by atoms with Crippen molar-refractivity contribution in [2.45, 2.75) is 32.6 Å². The molecular formula is C17H24N4O. The lowest BCUT2D eigenvalue weighted by molar-refractivity contribution is 0.0952. The van der Waals surface area contributed by atoms with Crippen LogP contribution in [0.2, 0.25) is 0 Å². The average Bonchev–Trinajstić information content (AvgIpc) is 2.93. The summed E-state index contributed by atoms with van der Waals surface area (Å²) >= 11 is 0. The highest BCUT2D eigenvalue weighted by atomic mass is 16.1. The van der Waals surface area contributed by atoms with Gasteiger partial charge in [-0.15, -0.1) is 0 Å². The quantitative estimate of drug-likeness (QED) is 0.735. The fraction of sp³-hybridized carbons (Fsp3) is 0.412. The molecule has 0 bridgehead atoms. The van der Waals surface area contributed by atoms with Crippen molar-refractivity contribution < 1.29 is 4.79 Å². The molecule has 118 valence electrons. The van der Waals surface area contributed by atoms with Gasteiger partial charge in [-0.2, -0.15) is 5.10 Å². The van der Waals surface area contributed by atoms with Gasteiger partial charge in [-0.25, -0.2) is 4.68 Å². The molecule has 0 fully saturated rings. The smallest absolute Gasteiger partial charge is 0.254 e. The van der Waals surface area contributed by atoms with Crippen LogP contribution < -0.4 is 11.1 Å². The first-order valence-corrected chi connectivity index (χ1v) is 7.82. The van der Waals surface area contributed by atoms with E-state index >= 15 is 0 Å². The van der Waals surface area contributed by atoms with Crippen LogP contribution in [0.15, 0.2) is 36.5 Å². The Balaban J connectivity index is 1.90. The van der Waals surface area contributed by atoms with Crippen LogP contribution in [0.5, 0.6) is 0 Å². The zero-order valence-electron chi connectivity index (χ0n) is 13.1. The monoisotopic (exact) mass is 300 g/mol. The molecule has 0 saturated heterocycles. The van der Waals surface area contributed by atoms with Gasteiger partial charge in [-0.05, 0) is 38.4 Å². The van der Waals surface area contributed by atoms with E-state index in [1.807, 2.05) is 37.3 Å². The van der Waals surface area contributed by atoms with E-state index in [-0.39, 0.29) is 5.91 Å². The molecule has 0 radical (unpaired) electrons. The summed E-state index contributed by atoms with van der Waals surface area (Å²) in [6.07, 6.45) is 5.89. The van der Waals surface area contributed by atoms with Gasteiger partial charge in [-0.1, -0.05) is 31.0 Å². The van der Waals surface area contributed by atoms with Gasteiger partial charge in [0.05, 0.1) is 23.1 Å². The van der Waals surface area contributed by atoms with Gasteiger partial charge in [-0.3, -0.25) is 4.79 Å². The second kappa shape index (κ2) is 8.34. The van der Waals surface area contributed by atoms with Gasteiger partial charge in [0.1, 0.15) is 0 Å². The van der Waals surface area contributed by atoms with Gasteiger partial charge < -0.3 is 11.1 Å². The Morgan fingerprint density at radius 1 is 1.18 bits per heavy atom. The molecule has 1 amide bonds. The molecule has 0 atom stereocenters. The maximum atomic E-state index is 12.2. The molecule has 0 aliphatic heterocycles. The van der Waals surface area contributed by atoms with E-state index in [9.17, 15) is 4.79 Å². The summed E-state index contributed by atoms with van der Waals surface area (Å²) in [5.74, 6) is -0.0569. The molecule has 1 aromatic heterocycles. The van der Waals surface area contributed by atoms with Crippen LogP contribution in [-0.4, -0.2) is 28.8 Å². The largest absolute Gasteiger partial charge is 0.352 e. The zero-order chi connectivity index (χ0) is 15.8. The van der Waals surface area contributed by atoms with E-state index in [1.54, 1.807) is 10.9 Å². The van der Waals surface area contributed by atoms with Gasteiger partial charge in [0, 0.05) is 6.54 Å². The van der Waals surface area contributed by atoms with Crippen LogP contribution >= 0.6 is 0 Å². The molecular weight excluding hydrogens is 276 g/mol. The van der Waals surface area contributed by atoms with Crippen molar-refractivity contribution in [2.75, 3.05) is 13.1 Å². The SMILES string of the molecule is Cc1c(C(=O)NCCCCCCN)cnn1-c1ccccc1. The maximum Gasteiger partial charge on any atom is 0.254 e. The zero-order valence-corrected chi connectivity index (χ0v) is 13.1. The number of amides is 1. The fourth-order valence-corrected chi connectivity index (χ4v) is 2.38. The van der Waals surface area contributed by atoms with Crippen LogP contribution in [-0.2, 0) is 0 Å². The number of nitrogens with zero attached hydrogens (tertiary/aromatic N) is 2. The number of unbranched alkanes of at least 4 members (excludes halogenated alkanes) is 3. The summed E-state index contributed by atoms with van der Waals surface area (Å²) in [6.45, 7) is 3.35. The van der Waals surface area contributed by atoms with Crippen molar-refractivity contribution in [1.82, 2.24) is 15.1 Å². The number of hydrogen-bond donors (Lipinski definition) is 2. The van der Waals surface area contributed by atoms with Crippen molar-refractivity contribution in [1.29, 1.82) is 0 Å². The minimum absolute atomic E-state index is 0.0569. The topological polar surface area (TPSA) is 72.9 Å². The summed E-state index contributed by atoms with van der Waals surface area (Å²) < 4.78 is 1.79. The second-order valence-electron chi connectivity index (χ2n) is 5.35. The maximum absolute atomic E-state index is 12.2. The summed E-state index contributed by atoms with van der Waals surface area (Å²) in [4.78, 5) is 12.2. The van der Waals surface area contributed by atoms with E-state index in [0.29, 0.717) is 12.1 Å². The second-order valence-corrected chi connectivity index (χ2v) is 5.35. The molecule has 2 aromatic rings. The Morgan fingerprint density at radius 2 is 1.91 bits per heavy atom. The Morgan fingerprint density at radius 3 is 2.64 bits per heavy atom. The number of rotatable bonds is 8. The predicted molar refractivity (Wildman–Crippen MR) is 88.2 cm³/mol. The van der Waals surface area contributed by atoms with E-state index in [2.05, 4.69) is 10.4 Å². The molecule has 0 spiro atoms. The van der Waals surface area contributed by atoms with Crippen molar-refractivity contribution in [3.63, 3.8) is 0 Å². The van der Waals surface area contributed by atoms with Gasteiger partial charge in [0.15, 0.2) is 0 Å². The minimum Gasteiger partial charge on any atom is -0.352 e. The molecule has 5 nitrogen and oxygen atoms in total. The number of nitrogens with one attached hydrogen (secondary N) is 1. The highest BCUT2D eigenvalue weighted by molar-refractivity contribution is 5.95. The first kappa shape index (κ1) is 16.2. The van der Waals surface area contributed by atoms with Crippen LogP contribution in [0.3, 0.4) is 0 Å². The summed E-state index contributed by atoms with van der Waals surface area (Å²) in [5.41, 5.74) is 7.90. The third kappa shape index (κ3) is 4.18. The number of hydrogen-bond acceptors (Lipinski definition) is 3. The lowest BCUT2D eigenvalue weighted by atomic mass is 10.2. The summed E-state index contributed by atoms with van der Waals surface area (Å²) in [7, 11) is 0. The lowest BCUT2D eigenvalue weighted by Crippen LogP contribution is -2.24. The van der Waals surface area contributed by atoms with Crippen LogP contribution in [0, 0.1) is 6.92 Å². The summed E-state index contributed by atoms with van der Waals surface area (Å²) in [6, 6.07) is 9.81. The van der Waals surface area contributed by atoms with E-state index in [4.69, 9.17) is 5.73 Å².